The minimum Gasteiger partial charge on any atom is -0.368 e. The first-order valence-electron chi connectivity index (χ1n) is 6.51. The van der Waals surface area contributed by atoms with Gasteiger partial charge in [0.25, 0.3) is 17.4 Å². The molecule has 1 unspecified atom stereocenters. The summed E-state index contributed by atoms with van der Waals surface area (Å²) in [4.78, 5) is 26.1. The molecular formula is C15H20N2O3. The lowest BCUT2D eigenvalue weighted by Crippen LogP contribution is -2.55. The minimum atomic E-state index is -2.15. The smallest absolute Gasteiger partial charge is 0.273 e. The second-order valence-electron chi connectivity index (χ2n) is 6.30. The highest BCUT2D eigenvalue weighted by Gasteiger charge is 2.55. The lowest BCUT2D eigenvalue weighted by molar-refractivity contribution is -0.152. The normalized spacial score (nSPS) is 21.9. The molecule has 0 saturated heterocycles. The van der Waals surface area contributed by atoms with Gasteiger partial charge in [-0.25, -0.2) is 0 Å². The molecule has 2 rings (SSSR count). The fourth-order valence-electron chi connectivity index (χ4n) is 2.35. The summed E-state index contributed by atoms with van der Waals surface area (Å²) in [6.45, 7) is 7.25. The minimum absolute atomic E-state index is 0.340. The van der Waals surface area contributed by atoms with Crippen molar-refractivity contribution in [3.8, 4) is 0 Å². The van der Waals surface area contributed by atoms with E-state index in [1.54, 1.807) is 40.0 Å². The van der Waals surface area contributed by atoms with Crippen molar-refractivity contribution in [2.45, 2.75) is 38.8 Å². The van der Waals surface area contributed by atoms with Gasteiger partial charge in [-0.15, -0.1) is 0 Å². The van der Waals surface area contributed by atoms with Crippen molar-refractivity contribution in [1.82, 2.24) is 5.32 Å². The fourth-order valence-corrected chi connectivity index (χ4v) is 2.35. The summed E-state index contributed by atoms with van der Waals surface area (Å²) in [6, 6.07) is 5.26. The highest BCUT2D eigenvalue weighted by molar-refractivity contribution is 6.20. The third kappa shape index (κ3) is 2.08. The average Bonchev–Trinajstić information content (AvgIpc) is 2.50. The highest BCUT2D eigenvalue weighted by Crippen LogP contribution is 2.40. The number of fused-ring (bicyclic) bond motifs is 1. The lowest BCUT2D eigenvalue weighted by Gasteiger charge is -2.27. The molecule has 0 aromatic heterocycles. The number of nitrogens with zero attached hydrogens (tertiary/aromatic N) is 1. The van der Waals surface area contributed by atoms with E-state index in [2.05, 4.69) is 5.32 Å². The first-order valence-corrected chi connectivity index (χ1v) is 6.51. The number of nitrogens with one attached hydrogen (secondary N) is 1. The van der Waals surface area contributed by atoms with Gasteiger partial charge in [0.15, 0.2) is 0 Å². The molecule has 0 spiro atoms. The van der Waals surface area contributed by atoms with Crippen LogP contribution in [0.15, 0.2) is 18.2 Å². The molecule has 2 N–H and O–H groups in total. The Balaban J connectivity index is 2.54. The van der Waals surface area contributed by atoms with Crippen LogP contribution in [0, 0.1) is 6.92 Å². The van der Waals surface area contributed by atoms with E-state index in [4.69, 9.17) is 0 Å². The molecule has 5 heteroatoms. The van der Waals surface area contributed by atoms with Crippen LogP contribution < -0.4 is 10.2 Å². The number of carbonyl (C=O) groups is 2. The van der Waals surface area contributed by atoms with E-state index in [1.165, 1.54) is 4.90 Å². The summed E-state index contributed by atoms with van der Waals surface area (Å²) in [6.07, 6.45) is 0. The molecule has 1 aliphatic rings. The van der Waals surface area contributed by atoms with Gasteiger partial charge in [-0.05, 0) is 33.8 Å². The van der Waals surface area contributed by atoms with Crippen LogP contribution in [0.25, 0.3) is 0 Å². The van der Waals surface area contributed by atoms with Crippen LogP contribution >= 0.6 is 0 Å². The molecule has 0 fully saturated rings. The predicted octanol–water partition coefficient (Wildman–Crippen LogP) is 1.07. The van der Waals surface area contributed by atoms with Crippen LogP contribution in [0.3, 0.4) is 0 Å². The summed E-state index contributed by atoms with van der Waals surface area (Å²) in [5.41, 5.74) is -0.894. The largest absolute Gasteiger partial charge is 0.368 e. The van der Waals surface area contributed by atoms with Gasteiger partial charge in [0.2, 0.25) is 0 Å². The first kappa shape index (κ1) is 14.5. The van der Waals surface area contributed by atoms with Crippen molar-refractivity contribution >= 4 is 17.5 Å². The Bertz CT molecular complexity index is 589. The van der Waals surface area contributed by atoms with Crippen LogP contribution in [0.2, 0.25) is 0 Å². The summed E-state index contributed by atoms with van der Waals surface area (Å²) in [5, 5.41) is 13.4. The molecule has 0 radical (unpaired) electrons. The molecule has 1 atom stereocenters. The Kier molecular flexibility index (Phi) is 3.13. The van der Waals surface area contributed by atoms with Gasteiger partial charge in [-0.2, -0.15) is 0 Å². The lowest BCUT2D eigenvalue weighted by atomic mass is 9.92. The Morgan fingerprint density at radius 1 is 1.35 bits per heavy atom. The fraction of sp³-hybridized carbons (Fsp3) is 0.467. The standard InChI is InChI=1S/C15H20N2O3/c1-9-6-7-11-10(8-9)15(20,13(19)17(11)5)12(18)16-14(2,3)4/h6-8,20H,1-5H3,(H,16,18). The topological polar surface area (TPSA) is 69.6 Å². The summed E-state index contributed by atoms with van der Waals surface area (Å²) in [7, 11) is 1.55. The van der Waals surface area contributed by atoms with Crippen molar-refractivity contribution < 1.29 is 14.7 Å². The number of carbonyl (C=O) groups excluding carboxylic acids is 2. The molecule has 108 valence electrons. The van der Waals surface area contributed by atoms with E-state index in [1.807, 2.05) is 13.0 Å². The van der Waals surface area contributed by atoms with Crippen LogP contribution in [-0.4, -0.2) is 29.5 Å². The van der Waals surface area contributed by atoms with Gasteiger partial charge in [0, 0.05) is 18.2 Å². The van der Waals surface area contributed by atoms with Crippen molar-refractivity contribution in [3.63, 3.8) is 0 Å². The molecule has 5 nitrogen and oxygen atoms in total. The molecule has 1 aromatic rings. The molecule has 0 bridgehead atoms. The Morgan fingerprint density at radius 3 is 2.50 bits per heavy atom. The highest BCUT2D eigenvalue weighted by atomic mass is 16.3. The van der Waals surface area contributed by atoms with E-state index in [0.717, 1.165) is 5.56 Å². The van der Waals surface area contributed by atoms with Gasteiger partial charge in [0.05, 0.1) is 5.69 Å². The second kappa shape index (κ2) is 4.31. The van der Waals surface area contributed by atoms with Crippen LogP contribution in [-0.2, 0) is 15.2 Å². The SMILES string of the molecule is Cc1ccc2c(c1)C(O)(C(=O)NC(C)(C)C)C(=O)N2C. The molecule has 1 aliphatic heterocycles. The van der Waals surface area contributed by atoms with E-state index >= 15 is 0 Å². The molecule has 1 aromatic carbocycles. The zero-order valence-corrected chi connectivity index (χ0v) is 12.4. The van der Waals surface area contributed by atoms with Crippen LogP contribution in [0.1, 0.15) is 31.9 Å². The predicted molar refractivity (Wildman–Crippen MR) is 76.4 cm³/mol. The van der Waals surface area contributed by atoms with E-state index in [-0.39, 0.29) is 0 Å². The van der Waals surface area contributed by atoms with E-state index < -0.39 is 23.0 Å². The second-order valence-corrected chi connectivity index (χ2v) is 6.30. The molecule has 2 amide bonds. The number of rotatable bonds is 1. The van der Waals surface area contributed by atoms with Crippen molar-refractivity contribution in [2.24, 2.45) is 0 Å². The summed E-state index contributed by atoms with van der Waals surface area (Å²) >= 11 is 0. The van der Waals surface area contributed by atoms with Crippen molar-refractivity contribution in [1.29, 1.82) is 0 Å². The summed E-state index contributed by atoms with van der Waals surface area (Å²) in [5.74, 6) is -1.31. The maximum Gasteiger partial charge on any atom is 0.273 e. The molecular weight excluding hydrogens is 256 g/mol. The summed E-state index contributed by atoms with van der Waals surface area (Å²) < 4.78 is 0. The number of amides is 2. The molecule has 0 saturated carbocycles. The number of anilines is 1. The third-order valence-electron chi connectivity index (χ3n) is 3.33. The Hall–Kier alpha value is -1.88. The molecule has 20 heavy (non-hydrogen) atoms. The zero-order valence-electron chi connectivity index (χ0n) is 12.4. The maximum absolute atomic E-state index is 12.4. The molecule has 1 heterocycles. The van der Waals surface area contributed by atoms with Gasteiger partial charge in [-0.3, -0.25) is 9.59 Å². The van der Waals surface area contributed by atoms with Crippen LogP contribution in [0.5, 0.6) is 0 Å². The quantitative estimate of drug-likeness (QED) is 0.754. The number of likely N-dealkylation sites (N-methyl/N-ethyl adjacent to an activating group) is 1. The third-order valence-corrected chi connectivity index (χ3v) is 3.33. The Labute approximate surface area is 118 Å². The maximum atomic E-state index is 12.4. The number of aryl methyl sites for hydroxylation is 1. The number of hydrogen-bond donors (Lipinski definition) is 2. The number of aliphatic hydroxyl groups is 1. The van der Waals surface area contributed by atoms with E-state index in [9.17, 15) is 14.7 Å². The van der Waals surface area contributed by atoms with Gasteiger partial charge in [0.1, 0.15) is 0 Å². The van der Waals surface area contributed by atoms with E-state index in [0.29, 0.717) is 11.3 Å². The van der Waals surface area contributed by atoms with Crippen molar-refractivity contribution in [2.75, 3.05) is 11.9 Å². The Morgan fingerprint density at radius 2 is 1.95 bits per heavy atom. The van der Waals surface area contributed by atoms with Crippen molar-refractivity contribution in [3.05, 3.63) is 29.3 Å². The average molecular weight is 276 g/mol. The molecule has 0 aliphatic carbocycles. The monoisotopic (exact) mass is 276 g/mol. The van der Waals surface area contributed by atoms with Crippen LogP contribution in [0.4, 0.5) is 5.69 Å². The van der Waals surface area contributed by atoms with Gasteiger partial charge in [-0.1, -0.05) is 17.7 Å². The van der Waals surface area contributed by atoms with Gasteiger partial charge >= 0.3 is 0 Å². The number of hydrogen-bond acceptors (Lipinski definition) is 3. The first-order chi connectivity index (χ1) is 9.07. The number of benzene rings is 1. The van der Waals surface area contributed by atoms with Gasteiger partial charge < -0.3 is 15.3 Å². The zero-order chi connectivity index (χ0) is 15.3.